The average molecular weight is 336 g/mol. The van der Waals surface area contributed by atoms with E-state index < -0.39 is 0 Å². The van der Waals surface area contributed by atoms with Crippen molar-refractivity contribution in [3.63, 3.8) is 0 Å². The van der Waals surface area contributed by atoms with Gasteiger partial charge in [0.05, 0.1) is 12.6 Å². The van der Waals surface area contributed by atoms with Crippen LogP contribution >= 0.6 is 0 Å². The average Bonchev–Trinajstić information content (AvgIpc) is 3.36. The summed E-state index contributed by atoms with van der Waals surface area (Å²) in [7, 11) is 0. The van der Waals surface area contributed by atoms with Gasteiger partial charge in [0, 0.05) is 42.5 Å². The Morgan fingerprint density at radius 1 is 1.28 bits per heavy atom. The van der Waals surface area contributed by atoms with E-state index in [9.17, 15) is 4.79 Å². The van der Waals surface area contributed by atoms with E-state index in [1.807, 2.05) is 23.0 Å². The zero-order valence-electron chi connectivity index (χ0n) is 14.4. The first-order valence-electron chi connectivity index (χ1n) is 9.13. The Labute approximate surface area is 147 Å². The number of H-pyrrole nitrogens is 1. The van der Waals surface area contributed by atoms with E-state index in [0.29, 0.717) is 12.5 Å². The highest BCUT2D eigenvalue weighted by Crippen LogP contribution is 2.22. The van der Waals surface area contributed by atoms with Crippen LogP contribution in [0.15, 0.2) is 48.9 Å². The molecule has 1 amide bonds. The van der Waals surface area contributed by atoms with Crippen LogP contribution in [0.3, 0.4) is 0 Å². The zero-order valence-corrected chi connectivity index (χ0v) is 14.4. The van der Waals surface area contributed by atoms with Crippen molar-refractivity contribution in [3.05, 3.63) is 54.5 Å². The van der Waals surface area contributed by atoms with Gasteiger partial charge < -0.3 is 9.88 Å². The van der Waals surface area contributed by atoms with Crippen LogP contribution in [0.5, 0.6) is 0 Å². The Balaban J connectivity index is 1.32. The van der Waals surface area contributed by atoms with Gasteiger partial charge in [-0.25, -0.2) is 0 Å². The molecule has 2 aromatic heterocycles. The van der Waals surface area contributed by atoms with Gasteiger partial charge in [-0.15, -0.1) is 0 Å². The maximum atomic E-state index is 12.7. The second kappa shape index (κ2) is 7.13. The summed E-state index contributed by atoms with van der Waals surface area (Å²) in [5, 5.41) is 5.54. The lowest BCUT2D eigenvalue weighted by atomic mass is 10.1. The number of rotatable bonds is 6. The van der Waals surface area contributed by atoms with E-state index in [1.54, 1.807) is 6.20 Å². The number of para-hydroxylation sites is 1. The fourth-order valence-electron chi connectivity index (χ4n) is 3.89. The van der Waals surface area contributed by atoms with E-state index >= 15 is 0 Å². The van der Waals surface area contributed by atoms with Crippen molar-refractivity contribution in [2.75, 3.05) is 6.54 Å². The van der Waals surface area contributed by atoms with Crippen LogP contribution in [0.1, 0.15) is 31.2 Å². The fourth-order valence-corrected chi connectivity index (χ4v) is 3.89. The molecule has 1 N–H and O–H groups in total. The SMILES string of the molecule is O=C(CCCc1c[nH]c2ccccc12)N1CCC[C@@H]1Cn1cccn1. The number of carbonyl (C=O) groups excluding carboxylic acids is 1. The third-order valence-corrected chi connectivity index (χ3v) is 5.17. The maximum Gasteiger partial charge on any atom is 0.222 e. The molecule has 0 unspecified atom stereocenters. The van der Waals surface area contributed by atoms with Gasteiger partial charge in [-0.2, -0.15) is 5.10 Å². The quantitative estimate of drug-likeness (QED) is 0.750. The van der Waals surface area contributed by atoms with Crippen LogP contribution in [0, 0.1) is 0 Å². The molecule has 4 rings (SSSR count). The predicted molar refractivity (Wildman–Crippen MR) is 98.2 cm³/mol. The first-order valence-corrected chi connectivity index (χ1v) is 9.13. The Morgan fingerprint density at radius 3 is 3.08 bits per heavy atom. The van der Waals surface area contributed by atoms with E-state index in [-0.39, 0.29) is 5.91 Å². The first-order chi connectivity index (χ1) is 12.3. The van der Waals surface area contributed by atoms with Gasteiger partial charge in [0.2, 0.25) is 5.91 Å². The molecule has 3 aromatic rings. The number of nitrogens with one attached hydrogen (secondary N) is 1. The van der Waals surface area contributed by atoms with E-state index in [0.717, 1.165) is 38.8 Å². The normalized spacial score (nSPS) is 17.4. The number of aromatic nitrogens is 3. The highest BCUT2D eigenvalue weighted by atomic mass is 16.2. The molecule has 1 aliphatic heterocycles. The summed E-state index contributed by atoms with van der Waals surface area (Å²) in [5.41, 5.74) is 2.47. The lowest BCUT2D eigenvalue weighted by molar-refractivity contribution is -0.132. The van der Waals surface area contributed by atoms with Crippen LogP contribution in [0.25, 0.3) is 10.9 Å². The minimum Gasteiger partial charge on any atom is -0.361 e. The number of aromatic amines is 1. The summed E-state index contributed by atoms with van der Waals surface area (Å²) in [6.07, 6.45) is 10.5. The Morgan fingerprint density at radius 2 is 2.20 bits per heavy atom. The second-order valence-corrected chi connectivity index (χ2v) is 6.82. The fraction of sp³-hybridized carbons (Fsp3) is 0.400. The molecule has 1 fully saturated rings. The van der Waals surface area contributed by atoms with Gasteiger partial charge in [0.1, 0.15) is 0 Å². The molecule has 1 atom stereocenters. The molecule has 0 spiro atoms. The number of carbonyl (C=O) groups is 1. The molecule has 3 heterocycles. The highest BCUT2D eigenvalue weighted by Gasteiger charge is 2.28. The summed E-state index contributed by atoms with van der Waals surface area (Å²) in [4.78, 5) is 18.0. The number of likely N-dealkylation sites (tertiary alicyclic amines) is 1. The van der Waals surface area contributed by atoms with Crippen molar-refractivity contribution < 1.29 is 4.79 Å². The van der Waals surface area contributed by atoms with Crippen molar-refractivity contribution in [2.24, 2.45) is 0 Å². The number of amides is 1. The van der Waals surface area contributed by atoms with Crippen molar-refractivity contribution in [3.8, 4) is 0 Å². The van der Waals surface area contributed by atoms with Gasteiger partial charge in [-0.3, -0.25) is 9.48 Å². The molecule has 130 valence electrons. The highest BCUT2D eigenvalue weighted by molar-refractivity contribution is 5.83. The monoisotopic (exact) mass is 336 g/mol. The second-order valence-electron chi connectivity index (χ2n) is 6.82. The Kier molecular flexibility index (Phi) is 4.55. The van der Waals surface area contributed by atoms with Crippen LogP contribution in [0.2, 0.25) is 0 Å². The molecule has 0 saturated carbocycles. The van der Waals surface area contributed by atoms with Gasteiger partial charge in [0.15, 0.2) is 0 Å². The summed E-state index contributed by atoms with van der Waals surface area (Å²) < 4.78 is 1.93. The number of fused-ring (bicyclic) bond motifs is 1. The van der Waals surface area contributed by atoms with Crippen LogP contribution in [-0.2, 0) is 17.8 Å². The van der Waals surface area contributed by atoms with Gasteiger partial charge in [-0.05, 0) is 43.4 Å². The Hall–Kier alpha value is -2.56. The van der Waals surface area contributed by atoms with Crippen molar-refractivity contribution in [2.45, 2.75) is 44.7 Å². The molecular formula is C20H24N4O. The molecule has 1 aromatic carbocycles. The predicted octanol–water partition coefficient (Wildman–Crippen LogP) is 3.38. The van der Waals surface area contributed by atoms with Crippen LogP contribution in [0.4, 0.5) is 0 Å². The van der Waals surface area contributed by atoms with Gasteiger partial charge in [-0.1, -0.05) is 18.2 Å². The summed E-state index contributed by atoms with van der Waals surface area (Å²) in [6, 6.07) is 10.6. The first kappa shape index (κ1) is 15.9. The minimum atomic E-state index is 0.287. The van der Waals surface area contributed by atoms with Crippen LogP contribution in [-0.4, -0.2) is 38.2 Å². The molecule has 0 bridgehead atoms. The molecule has 1 saturated heterocycles. The van der Waals surface area contributed by atoms with Crippen molar-refractivity contribution in [1.29, 1.82) is 0 Å². The van der Waals surface area contributed by atoms with E-state index in [4.69, 9.17) is 0 Å². The summed E-state index contributed by atoms with van der Waals surface area (Å²) in [6.45, 7) is 1.69. The third-order valence-electron chi connectivity index (χ3n) is 5.17. The number of nitrogens with zero attached hydrogens (tertiary/aromatic N) is 3. The molecule has 5 nitrogen and oxygen atoms in total. The molecule has 0 radical (unpaired) electrons. The molecular weight excluding hydrogens is 312 g/mol. The van der Waals surface area contributed by atoms with Gasteiger partial charge in [0.25, 0.3) is 0 Å². The standard InChI is InChI=1S/C20H24N4O/c25-20(24-13-4-7-17(24)15-23-12-5-11-22-23)10-3-6-16-14-21-19-9-2-1-8-18(16)19/h1-2,5,8-9,11-12,14,17,21H,3-4,6-7,10,13,15H2/t17-/m1/s1. The molecule has 5 heteroatoms. The van der Waals surface area contributed by atoms with Crippen LogP contribution < -0.4 is 0 Å². The smallest absolute Gasteiger partial charge is 0.222 e. The Bertz CT molecular complexity index is 836. The molecule has 1 aliphatic rings. The zero-order chi connectivity index (χ0) is 17.1. The minimum absolute atomic E-state index is 0.287. The van der Waals surface area contributed by atoms with E-state index in [2.05, 4.69) is 39.4 Å². The third kappa shape index (κ3) is 3.45. The topological polar surface area (TPSA) is 53.9 Å². The number of hydrogen-bond acceptors (Lipinski definition) is 2. The van der Waals surface area contributed by atoms with Crippen molar-refractivity contribution >= 4 is 16.8 Å². The van der Waals surface area contributed by atoms with Crippen molar-refractivity contribution in [1.82, 2.24) is 19.7 Å². The number of aryl methyl sites for hydroxylation is 1. The lowest BCUT2D eigenvalue weighted by Gasteiger charge is -2.24. The maximum absolute atomic E-state index is 12.7. The van der Waals surface area contributed by atoms with E-state index in [1.165, 1.54) is 16.5 Å². The molecule has 0 aliphatic carbocycles. The lowest BCUT2D eigenvalue weighted by Crippen LogP contribution is -2.38. The largest absolute Gasteiger partial charge is 0.361 e. The van der Waals surface area contributed by atoms with Gasteiger partial charge >= 0.3 is 0 Å². The summed E-state index contributed by atoms with van der Waals surface area (Å²) in [5.74, 6) is 0.287. The molecule has 25 heavy (non-hydrogen) atoms. The number of benzene rings is 1. The summed E-state index contributed by atoms with van der Waals surface area (Å²) >= 11 is 0. The number of hydrogen-bond donors (Lipinski definition) is 1.